The topological polar surface area (TPSA) is 175 Å². The number of aliphatic hydroxyl groups excluding tert-OH is 5. The van der Waals surface area contributed by atoms with Gasteiger partial charge >= 0.3 is 5.97 Å². The molecule has 0 aromatic heterocycles. The monoisotopic (exact) mass is 1090 g/mol. The number of aliphatic hydroxyl groups is 5. The lowest BCUT2D eigenvalue weighted by Gasteiger charge is -2.41. The third kappa shape index (κ3) is 42.0. The first kappa shape index (κ1) is 72.4. The average molecular weight is 1090 g/mol. The van der Waals surface area contributed by atoms with Crippen molar-refractivity contribution in [2.75, 3.05) is 13.2 Å². The third-order valence-corrected chi connectivity index (χ3v) is 14.9. The number of nitrogens with one attached hydrogen (secondary N) is 1. The van der Waals surface area contributed by atoms with E-state index in [0.29, 0.717) is 19.3 Å². The normalized spacial score (nSPS) is 19.4. The second-order valence-corrected chi connectivity index (χ2v) is 22.1. The molecule has 1 fully saturated rings. The molecule has 0 bridgehead atoms. The van der Waals surface area contributed by atoms with Gasteiger partial charge in [-0.3, -0.25) is 9.59 Å². The minimum absolute atomic E-state index is 0.102. The first-order valence-corrected chi connectivity index (χ1v) is 32.1. The third-order valence-electron chi connectivity index (χ3n) is 14.9. The number of rotatable bonds is 54. The molecule has 0 aromatic rings. The molecule has 0 saturated carbocycles. The van der Waals surface area contributed by atoms with E-state index >= 15 is 0 Å². The summed E-state index contributed by atoms with van der Waals surface area (Å²) in [6.07, 6.45) is 56.8. The van der Waals surface area contributed by atoms with Gasteiger partial charge in [-0.05, 0) is 70.6 Å². The predicted octanol–water partition coefficient (Wildman–Crippen LogP) is 15.4. The number of carbonyl (C=O) groups excluding carboxylic acids is 2. The first-order valence-electron chi connectivity index (χ1n) is 32.1. The van der Waals surface area contributed by atoms with E-state index in [9.17, 15) is 35.1 Å². The molecule has 8 unspecified atom stereocenters. The van der Waals surface area contributed by atoms with Crippen LogP contribution in [-0.4, -0.2) is 99.6 Å². The van der Waals surface area contributed by atoms with Gasteiger partial charge < -0.3 is 45.1 Å². The quantitative estimate of drug-likeness (QED) is 0.0195. The van der Waals surface area contributed by atoms with Gasteiger partial charge in [0, 0.05) is 6.42 Å². The molecule has 1 saturated heterocycles. The lowest BCUT2D eigenvalue weighted by Crippen LogP contribution is -2.61. The van der Waals surface area contributed by atoms with Crippen LogP contribution in [-0.2, 0) is 23.8 Å². The summed E-state index contributed by atoms with van der Waals surface area (Å²) in [5, 5.41) is 57.0. The Morgan fingerprint density at radius 1 is 0.506 bits per heavy atom. The summed E-state index contributed by atoms with van der Waals surface area (Å²) in [6.45, 7) is 5.77. The van der Waals surface area contributed by atoms with Crippen molar-refractivity contribution in [3.8, 4) is 0 Å². The fraction of sp³-hybridized carbons (Fsp3) is 0.818. The molecule has 1 aliphatic rings. The predicted molar refractivity (Wildman–Crippen MR) is 320 cm³/mol. The van der Waals surface area contributed by atoms with Crippen LogP contribution in [0.1, 0.15) is 284 Å². The molecule has 6 N–H and O–H groups in total. The number of ether oxygens (including phenoxy) is 3. The number of hydrogen-bond donors (Lipinski definition) is 6. The summed E-state index contributed by atoms with van der Waals surface area (Å²) in [4.78, 5) is 26.6. The molecular weight excluding hydrogens is 967 g/mol. The summed E-state index contributed by atoms with van der Waals surface area (Å²) in [6, 6.07) is -1.03. The highest BCUT2D eigenvalue weighted by Gasteiger charge is 2.47. The number of esters is 1. The van der Waals surface area contributed by atoms with Crippen LogP contribution >= 0.6 is 0 Å². The zero-order valence-corrected chi connectivity index (χ0v) is 49.6. The maximum absolute atomic E-state index is 13.4. The first-order chi connectivity index (χ1) is 37.7. The molecule has 1 amide bonds. The number of allylic oxidation sites excluding steroid dienone is 9. The summed E-state index contributed by atoms with van der Waals surface area (Å²) < 4.78 is 17.6. The van der Waals surface area contributed by atoms with Gasteiger partial charge in [-0.15, -0.1) is 0 Å². The van der Waals surface area contributed by atoms with Crippen molar-refractivity contribution in [1.82, 2.24) is 5.32 Å². The Morgan fingerprint density at radius 3 is 1.36 bits per heavy atom. The zero-order chi connectivity index (χ0) is 56.1. The number of unbranched alkanes of at least 4 members (excludes halogenated alkanes) is 32. The van der Waals surface area contributed by atoms with Gasteiger partial charge in [0.2, 0.25) is 5.91 Å². The van der Waals surface area contributed by atoms with Crippen molar-refractivity contribution in [3.05, 3.63) is 60.8 Å². The zero-order valence-electron chi connectivity index (χ0n) is 49.6. The van der Waals surface area contributed by atoms with E-state index in [1.165, 1.54) is 148 Å². The van der Waals surface area contributed by atoms with Crippen LogP contribution in [0.2, 0.25) is 0 Å². The van der Waals surface area contributed by atoms with Crippen molar-refractivity contribution in [2.45, 2.75) is 333 Å². The molecular formula is C66H119NO10. The van der Waals surface area contributed by atoms with Gasteiger partial charge in [-0.1, -0.05) is 268 Å². The highest BCUT2D eigenvalue weighted by Crippen LogP contribution is 2.26. The largest absolute Gasteiger partial charge is 0.454 e. The average Bonchev–Trinajstić information content (AvgIpc) is 3.43. The Hall–Kier alpha value is -2.64. The highest BCUT2D eigenvalue weighted by atomic mass is 16.7. The second kappa shape index (κ2) is 54.0. The smallest absolute Gasteiger partial charge is 0.306 e. The lowest BCUT2D eigenvalue weighted by molar-refractivity contribution is -0.305. The maximum Gasteiger partial charge on any atom is 0.306 e. The number of carbonyl (C=O) groups is 2. The van der Waals surface area contributed by atoms with Gasteiger partial charge in [0.05, 0.1) is 25.4 Å². The Morgan fingerprint density at radius 2 is 0.896 bits per heavy atom. The lowest BCUT2D eigenvalue weighted by atomic mass is 9.99. The molecule has 1 aliphatic heterocycles. The molecule has 0 aliphatic carbocycles. The van der Waals surface area contributed by atoms with E-state index in [1.807, 2.05) is 6.08 Å². The van der Waals surface area contributed by atoms with Gasteiger partial charge in [-0.25, -0.2) is 0 Å². The van der Waals surface area contributed by atoms with Crippen LogP contribution in [0.15, 0.2) is 60.8 Å². The fourth-order valence-electron chi connectivity index (χ4n) is 9.81. The van der Waals surface area contributed by atoms with Gasteiger partial charge in [-0.2, -0.15) is 0 Å². The summed E-state index contributed by atoms with van der Waals surface area (Å²) >= 11 is 0. The van der Waals surface area contributed by atoms with Crippen molar-refractivity contribution in [1.29, 1.82) is 0 Å². The van der Waals surface area contributed by atoms with Gasteiger partial charge in [0.1, 0.15) is 24.4 Å². The van der Waals surface area contributed by atoms with Gasteiger partial charge in [0.25, 0.3) is 0 Å². The Kier molecular flexibility index (Phi) is 50.7. The van der Waals surface area contributed by atoms with Crippen molar-refractivity contribution >= 4 is 11.9 Å². The molecule has 0 radical (unpaired) electrons. The van der Waals surface area contributed by atoms with E-state index in [1.54, 1.807) is 6.08 Å². The second-order valence-electron chi connectivity index (χ2n) is 22.1. The molecule has 1 rings (SSSR count). The van der Waals surface area contributed by atoms with E-state index in [4.69, 9.17) is 14.2 Å². The van der Waals surface area contributed by atoms with Crippen LogP contribution in [0.5, 0.6) is 0 Å². The van der Waals surface area contributed by atoms with E-state index < -0.39 is 67.4 Å². The Labute approximate surface area is 471 Å². The summed E-state index contributed by atoms with van der Waals surface area (Å²) in [5.41, 5.74) is 0. The molecule has 11 nitrogen and oxygen atoms in total. The highest BCUT2D eigenvalue weighted by molar-refractivity contribution is 5.80. The molecule has 0 aromatic carbocycles. The van der Waals surface area contributed by atoms with Crippen LogP contribution in [0, 0.1) is 0 Å². The minimum atomic E-state index is -1.62. The number of hydrogen-bond acceptors (Lipinski definition) is 10. The van der Waals surface area contributed by atoms with Crippen molar-refractivity contribution in [2.24, 2.45) is 0 Å². The van der Waals surface area contributed by atoms with Crippen molar-refractivity contribution < 1.29 is 49.3 Å². The van der Waals surface area contributed by atoms with E-state index in [2.05, 4.69) is 74.7 Å². The maximum atomic E-state index is 13.4. The molecule has 0 spiro atoms. The summed E-state index contributed by atoms with van der Waals surface area (Å²) in [5.74, 6) is -1.21. The molecule has 11 heteroatoms. The van der Waals surface area contributed by atoms with Crippen molar-refractivity contribution in [3.63, 3.8) is 0 Å². The number of amides is 1. The van der Waals surface area contributed by atoms with E-state index in [-0.39, 0.29) is 13.0 Å². The minimum Gasteiger partial charge on any atom is -0.454 e. The van der Waals surface area contributed by atoms with Crippen LogP contribution in [0.25, 0.3) is 0 Å². The Bertz CT molecular complexity index is 1480. The molecule has 448 valence electrons. The molecule has 77 heavy (non-hydrogen) atoms. The standard InChI is InChI=1S/C66H119NO10/c1-4-7-10-13-16-19-22-25-27-28-29-30-31-32-33-36-39-42-45-48-51-54-61(71)77-64-63(73)62(72)60(55-68)76-66(64)75-56-57(58(69)52-49-46-43-40-37-34-24-21-18-15-12-9-6-3)67-65(74)59(70)53-50-47-44-41-38-35-26-23-20-17-14-11-8-5-2/h16,19,25,27,29-30,32-33,49,52,57-60,62-64,66,68-70,72-73H,4-15,17-18,20-24,26,28,31,34-48,50-51,53-56H2,1-3H3,(H,67,74)/b19-16-,27-25-,30-29-,33-32-,52-49+. The van der Waals surface area contributed by atoms with Gasteiger partial charge in [0.15, 0.2) is 12.4 Å². The van der Waals surface area contributed by atoms with E-state index in [0.717, 1.165) is 89.9 Å². The summed E-state index contributed by atoms with van der Waals surface area (Å²) in [7, 11) is 0. The molecule has 1 heterocycles. The Balaban J connectivity index is 2.68. The molecule has 8 atom stereocenters. The van der Waals surface area contributed by atoms with Crippen LogP contribution in [0.4, 0.5) is 0 Å². The van der Waals surface area contributed by atoms with Crippen LogP contribution < -0.4 is 5.32 Å². The SMILES string of the molecule is CCCCC/C=C\C/C=C\C/C=C\C/C=C\CCCCCCCC(=O)OC1C(OCC(NC(=O)C(O)CCCCCCCCCCCCCCCC)C(O)/C=C/CCCCCCCCCCCCC)OC(CO)C(O)C1O. The fourth-order valence-corrected chi connectivity index (χ4v) is 9.81. The van der Waals surface area contributed by atoms with Crippen LogP contribution in [0.3, 0.4) is 0 Å².